The van der Waals surface area contributed by atoms with Gasteiger partial charge in [0.2, 0.25) is 0 Å². The van der Waals surface area contributed by atoms with E-state index in [4.69, 9.17) is 4.74 Å². The van der Waals surface area contributed by atoms with Crippen molar-refractivity contribution in [1.29, 1.82) is 0 Å². The van der Waals surface area contributed by atoms with E-state index in [1.807, 2.05) is 12.1 Å². The van der Waals surface area contributed by atoms with Gasteiger partial charge in [-0.3, -0.25) is 9.89 Å². The van der Waals surface area contributed by atoms with Crippen molar-refractivity contribution in [3.8, 4) is 5.75 Å². The van der Waals surface area contributed by atoms with Crippen molar-refractivity contribution in [3.63, 3.8) is 0 Å². The van der Waals surface area contributed by atoms with Crippen molar-refractivity contribution in [2.45, 2.75) is 51.6 Å². The fraction of sp³-hybridized carbons (Fsp3) is 0.682. The average Bonchev–Trinajstić information content (AvgIpc) is 3.18. The second-order valence-corrected chi connectivity index (χ2v) is 8.29. The zero-order valence-electron chi connectivity index (χ0n) is 18.7. The number of alkyl halides is 2. The molecule has 2 heterocycles. The molecule has 1 aromatic rings. The third-order valence-corrected chi connectivity index (χ3v) is 5.61. The molecule has 1 aromatic carbocycles. The van der Waals surface area contributed by atoms with Gasteiger partial charge in [-0.25, -0.2) is 0 Å². The average molecular weight is 440 g/mol. The minimum Gasteiger partial charge on any atom is -0.433 e. The van der Waals surface area contributed by atoms with Gasteiger partial charge in [0.05, 0.1) is 17.9 Å². The molecule has 0 aromatic heterocycles. The second kappa shape index (κ2) is 11.5. The van der Waals surface area contributed by atoms with Gasteiger partial charge in [0.15, 0.2) is 5.96 Å². The van der Waals surface area contributed by atoms with Gasteiger partial charge in [-0.2, -0.15) is 8.78 Å². The van der Waals surface area contributed by atoms with Crippen LogP contribution in [0.15, 0.2) is 29.3 Å². The minimum absolute atomic E-state index is 0.187. The Kier molecular flexibility index (Phi) is 8.71. The van der Waals surface area contributed by atoms with Crippen LogP contribution in [0.2, 0.25) is 0 Å². The summed E-state index contributed by atoms with van der Waals surface area (Å²) < 4.78 is 35.9. The summed E-state index contributed by atoms with van der Waals surface area (Å²) in [5.41, 5.74) is 0.698. The number of anilines is 1. The van der Waals surface area contributed by atoms with Gasteiger partial charge in [0.25, 0.3) is 0 Å². The Hall–Kier alpha value is -2.13. The minimum atomic E-state index is -2.83. The zero-order chi connectivity index (χ0) is 22.2. The molecule has 0 saturated carbocycles. The lowest BCUT2D eigenvalue weighted by molar-refractivity contribution is -0.0679. The van der Waals surface area contributed by atoms with Crippen molar-refractivity contribution < 1.29 is 18.3 Å². The molecule has 3 rings (SSSR count). The molecule has 2 aliphatic heterocycles. The van der Waals surface area contributed by atoms with Gasteiger partial charge in [0, 0.05) is 52.4 Å². The molecule has 0 bridgehead atoms. The summed E-state index contributed by atoms with van der Waals surface area (Å²) in [6.07, 6.45) is 2.49. The Bertz CT molecular complexity index is 711. The first-order chi connectivity index (χ1) is 14.9. The van der Waals surface area contributed by atoms with Crippen LogP contribution in [-0.2, 0) is 4.74 Å². The predicted molar refractivity (Wildman–Crippen MR) is 119 cm³/mol. The molecule has 2 N–H and O–H groups in total. The highest BCUT2D eigenvalue weighted by atomic mass is 19.3. The summed E-state index contributed by atoms with van der Waals surface area (Å²) in [6, 6.07) is 7.13. The molecular weight excluding hydrogens is 404 g/mol. The van der Waals surface area contributed by atoms with E-state index in [9.17, 15) is 8.78 Å². The molecule has 0 amide bonds. The molecule has 3 unspecified atom stereocenters. The number of hydrogen-bond acceptors (Lipinski definition) is 5. The quantitative estimate of drug-likeness (QED) is 0.369. The lowest BCUT2D eigenvalue weighted by atomic mass is 10.2. The number of hydrogen-bond donors (Lipinski definition) is 2. The lowest BCUT2D eigenvalue weighted by Gasteiger charge is -2.35. The summed E-state index contributed by atoms with van der Waals surface area (Å²) in [5, 5.41) is 6.84. The summed E-state index contributed by atoms with van der Waals surface area (Å²) >= 11 is 0. The zero-order valence-corrected chi connectivity index (χ0v) is 18.7. The molecule has 174 valence electrons. The van der Waals surface area contributed by atoms with E-state index in [1.54, 1.807) is 19.2 Å². The smallest absolute Gasteiger partial charge is 0.387 e. The first-order valence-corrected chi connectivity index (χ1v) is 11.1. The van der Waals surface area contributed by atoms with Crippen molar-refractivity contribution >= 4 is 11.6 Å². The highest BCUT2D eigenvalue weighted by molar-refractivity contribution is 5.80. The fourth-order valence-electron chi connectivity index (χ4n) is 4.38. The van der Waals surface area contributed by atoms with Crippen LogP contribution < -0.4 is 20.3 Å². The second-order valence-electron chi connectivity index (χ2n) is 8.29. The molecular formula is C22H35F2N5O2. The van der Waals surface area contributed by atoms with E-state index in [0.717, 1.165) is 51.5 Å². The van der Waals surface area contributed by atoms with Gasteiger partial charge in [-0.15, -0.1) is 0 Å². The number of benzene rings is 1. The summed E-state index contributed by atoms with van der Waals surface area (Å²) in [4.78, 5) is 8.85. The molecule has 2 saturated heterocycles. The third kappa shape index (κ3) is 7.21. The Balaban J connectivity index is 1.42. The number of ether oxygens (including phenoxy) is 2. The number of para-hydroxylation sites is 2. The predicted octanol–water partition coefficient (Wildman–Crippen LogP) is 2.53. The maximum atomic E-state index is 12.7. The highest BCUT2D eigenvalue weighted by Gasteiger charge is 2.26. The lowest BCUT2D eigenvalue weighted by Crippen LogP contribution is -2.47. The van der Waals surface area contributed by atoms with Gasteiger partial charge >= 0.3 is 6.61 Å². The van der Waals surface area contributed by atoms with E-state index in [1.165, 1.54) is 0 Å². The normalized spacial score (nSPS) is 25.2. The number of aliphatic imine (C=N–C) groups is 1. The van der Waals surface area contributed by atoms with E-state index < -0.39 is 6.61 Å². The molecule has 3 atom stereocenters. The van der Waals surface area contributed by atoms with Crippen LogP contribution in [-0.4, -0.2) is 82.0 Å². The Morgan fingerprint density at radius 2 is 1.97 bits per heavy atom. The van der Waals surface area contributed by atoms with Crippen LogP contribution in [0, 0.1) is 0 Å². The molecule has 2 aliphatic rings. The first kappa shape index (κ1) is 23.5. The van der Waals surface area contributed by atoms with Crippen LogP contribution in [0.5, 0.6) is 5.75 Å². The summed E-state index contributed by atoms with van der Waals surface area (Å²) in [5.74, 6) is 0.986. The molecule has 0 spiro atoms. The SMILES string of the molecule is CN=C(NCCCN1CC(C)OC(C)C1)NC1CCN(c2ccccc2OC(F)F)C1. The number of nitrogens with zero attached hydrogens (tertiary/aromatic N) is 3. The van der Waals surface area contributed by atoms with Gasteiger partial charge in [-0.05, 0) is 38.8 Å². The van der Waals surface area contributed by atoms with Crippen LogP contribution in [0.3, 0.4) is 0 Å². The van der Waals surface area contributed by atoms with E-state index >= 15 is 0 Å². The molecule has 31 heavy (non-hydrogen) atoms. The van der Waals surface area contributed by atoms with Crippen LogP contribution in [0.4, 0.5) is 14.5 Å². The Morgan fingerprint density at radius 1 is 1.23 bits per heavy atom. The van der Waals surface area contributed by atoms with Crippen molar-refractivity contribution in [3.05, 3.63) is 24.3 Å². The maximum Gasteiger partial charge on any atom is 0.387 e. The number of rotatable bonds is 8. The third-order valence-electron chi connectivity index (χ3n) is 5.61. The number of nitrogens with one attached hydrogen (secondary N) is 2. The topological polar surface area (TPSA) is 61.4 Å². The van der Waals surface area contributed by atoms with Gasteiger partial charge in [-0.1, -0.05) is 12.1 Å². The fourth-order valence-corrected chi connectivity index (χ4v) is 4.38. The largest absolute Gasteiger partial charge is 0.433 e. The van der Waals surface area contributed by atoms with Crippen LogP contribution >= 0.6 is 0 Å². The number of guanidine groups is 1. The van der Waals surface area contributed by atoms with Gasteiger partial charge < -0.3 is 25.0 Å². The number of morpholine rings is 1. The van der Waals surface area contributed by atoms with Crippen LogP contribution in [0.1, 0.15) is 26.7 Å². The van der Waals surface area contributed by atoms with Crippen molar-refractivity contribution in [1.82, 2.24) is 15.5 Å². The summed E-state index contributed by atoms with van der Waals surface area (Å²) in [6.45, 7) is 6.70. The standard InChI is InChI=1S/C22H35F2N5O2/c1-16-13-28(14-17(2)30-16)11-6-10-26-22(25-3)27-18-9-12-29(15-18)19-7-4-5-8-20(19)31-21(23)24/h4-5,7-8,16-18,21H,6,9-15H2,1-3H3,(H2,25,26,27). The van der Waals surface area contributed by atoms with Crippen LogP contribution in [0.25, 0.3) is 0 Å². The Labute approximate surface area is 183 Å². The summed E-state index contributed by atoms with van der Waals surface area (Å²) in [7, 11) is 1.76. The number of halogens is 2. The van der Waals surface area contributed by atoms with E-state index in [-0.39, 0.29) is 24.0 Å². The van der Waals surface area contributed by atoms with Crippen molar-refractivity contribution in [2.24, 2.45) is 4.99 Å². The molecule has 0 radical (unpaired) electrons. The van der Waals surface area contributed by atoms with E-state index in [0.29, 0.717) is 12.2 Å². The first-order valence-electron chi connectivity index (χ1n) is 11.1. The molecule has 7 nitrogen and oxygen atoms in total. The Morgan fingerprint density at radius 3 is 2.68 bits per heavy atom. The monoisotopic (exact) mass is 439 g/mol. The molecule has 9 heteroatoms. The van der Waals surface area contributed by atoms with E-state index in [2.05, 4.69) is 44.0 Å². The molecule has 0 aliphatic carbocycles. The van der Waals surface area contributed by atoms with Crippen molar-refractivity contribution in [2.75, 3.05) is 51.2 Å². The molecule has 2 fully saturated rings. The highest BCUT2D eigenvalue weighted by Crippen LogP contribution is 2.31. The maximum absolute atomic E-state index is 12.7. The van der Waals surface area contributed by atoms with Gasteiger partial charge in [0.1, 0.15) is 5.75 Å².